The first-order valence-electron chi connectivity index (χ1n) is 9.55. The number of rotatable bonds is 7. The number of methoxy groups -OCH3 is 1. The van der Waals surface area contributed by atoms with Crippen molar-refractivity contribution in [1.82, 2.24) is 10.3 Å². The third kappa shape index (κ3) is 4.94. The van der Waals surface area contributed by atoms with Gasteiger partial charge < -0.3 is 19.7 Å². The number of anilines is 1. The Morgan fingerprint density at radius 3 is 2.71 bits per heavy atom. The van der Waals surface area contributed by atoms with E-state index >= 15 is 0 Å². The number of nitrogens with zero attached hydrogens (tertiary/aromatic N) is 2. The number of carbonyl (C=O) groups excluding carboxylic acids is 1. The summed E-state index contributed by atoms with van der Waals surface area (Å²) >= 11 is 6.24. The molecule has 1 fully saturated rings. The third-order valence-electron chi connectivity index (χ3n) is 4.86. The first kappa shape index (κ1) is 20.4. The summed E-state index contributed by atoms with van der Waals surface area (Å²) in [7, 11) is 1.37. The molecule has 7 heteroatoms. The molecule has 0 atom stereocenters. The molecule has 6 nitrogen and oxygen atoms in total. The lowest BCUT2D eigenvalue weighted by Gasteiger charge is -2.35. The van der Waals surface area contributed by atoms with Gasteiger partial charge in [-0.2, -0.15) is 0 Å². The van der Waals surface area contributed by atoms with Gasteiger partial charge in [0.2, 0.25) is 0 Å². The molecule has 0 spiro atoms. The summed E-state index contributed by atoms with van der Waals surface area (Å²) in [6, 6.07) is 9.88. The summed E-state index contributed by atoms with van der Waals surface area (Å²) in [5.41, 5.74) is 1.55. The molecule has 0 amide bonds. The normalized spacial score (nSPS) is 14.5. The average Bonchev–Trinajstić information content (AvgIpc) is 2.74. The van der Waals surface area contributed by atoms with Crippen LogP contribution >= 0.6 is 11.6 Å². The first-order valence-corrected chi connectivity index (χ1v) is 9.93. The van der Waals surface area contributed by atoms with E-state index < -0.39 is 0 Å². The third-order valence-corrected chi connectivity index (χ3v) is 5.17. The highest BCUT2D eigenvalue weighted by Crippen LogP contribution is 2.28. The molecule has 0 aliphatic carbocycles. The fourth-order valence-electron chi connectivity index (χ4n) is 3.42. The van der Waals surface area contributed by atoms with Gasteiger partial charge in [-0.05, 0) is 62.7 Å². The number of ether oxygens (including phenoxy) is 2. The molecular weight excluding hydrogens is 378 g/mol. The number of benzene rings is 1. The van der Waals surface area contributed by atoms with Crippen LogP contribution in [0.4, 0.5) is 5.82 Å². The van der Waals surface area contributed by atoms with Crippen LogP contribution in [0.2, 0.25) is 5.02 Å². The minimum atomic E-state index is -0.383. The van der Waals surface area contributed by atoms with Gasteiger partial charge in [-0.3, -0.25) is 0 Å². The molecule has 28 heavy (non-hydrogen) atoms. The smallest absolute Gasteiger partial charge is 0.339 e. The Kier molecular flexibility index (Phi) is 7.12. The highest BCUT2D eigenvalue weighted by molar-refractivity contribution is 6.32. The van der Waals surface area contributed by atoms with Gasteiger partial charge in [-0.1, -0.05) is 17.7 Å². The van der Waals surface area contributed by atoms with Crippen molar-refractivity contribution in [3.63, 3.8) is 0 Å². The number of hydrogen-bond acceptors (Lipinski definition) is 6. The summed E-state index contributed by atoms with van der Waals surface area (Å²) in [6.07, 6.45) is 3.64. The van der Waals surface area contributed by atoms with E-state index in [1.807, 2.05) is 31.2 Å². The van der Waals surface area contributed by atoms with Crippen LogP contribution in [0.1, 0.15) is 35.7 Å². The Hall–Kier alpha value is -2.31. The fraction of sp³-hybridized carbons (Fsp3) is 0.429. The second-order valence-corrected chi connectivity index (χ2v) is 7.11. The van der Waals surface area contributed by atoms with Gasteiger partial charge >= 0.3 is 5.97 Å². The highest BCUT2D eigenvalue weighted by Gasteiger charge is 2.23. The predicted molar refractivity (Wildman–Crippen MR) is 110 cm³/mol. The Labute approximate surface area is 170 Å². The SMILES string of the molecule is CCOc1cc(CN(c2ccc(C(=O)OC)cn2)C2CCNCC2)ccc1Cl. The van der Waals surface area contributed by atoms with E-state index in [0.29, 0.717) is 35.5 Å². The fourth-order valence-corrected chi connectivity index (χ4v) is 3.59. The monoisotopic (exact) mass is 403 g/mol. The maximum Gasteiger partial charge on any atom is 0.339 e. The van der Waals surface area contributed by atoms with E-state index in [0.717, 1.165) is 37.3 Å². The number of nitrogens with one attached hydrogen (secondary N) is 1. The highest BCUT2D eigenvalue weighted by atomic mass is 35.5. The van der Waals surface area contributed by atoms with Crippen molar-refractivity contribution in [2.75, 3.05) is 31.7 Å². The molecule has 1 aromatic heterocycles. The van der Waals surface area contributed by atoms with Crippen molar-refractivity contribution in [1.29, 1.82) is 0 Å². The van der Waals surface area contributed by atoms with Crippen LogP contribution in [0, 0.1) is 0 Å². The Morgan fingerprint density at radius 2 is 2.07 bits per heavy atom. The molecule has 0 radical (unpaired) electrons. The van der Waals surface area contributed by atoms with Gasteiger partial charge in [0.05, 0.1) is 24.3 Å². The van der Waals surface area contributed by atoms with Gasteiger partial charge in [-0.25, -0.2) is 9.78 Å². The second-order valence-electron chi connectivity index (χ2n) is 6.70. The molecule has 150 valence electrons. The molecule has 2 aromatic rings. The van der Waals surface area contributed by atoms with Crippen LogP contribution in [0.15, 0.2) is 36.5 Å². The topological polar surface area (TPSA) is 63.7 Å². The molecule has 2 heterocycles. The lowest BCUT2D eigenvalue weighted by Crippen LogP contribution is -2.43. The number of esters is 1. The molecule has 0 unspecified atom stereocenters. The lowest BCUT2D eigenvalue weighted by atomic mass is 10.0. The van der Waals surface area contributed by atoms with E-state index in [1.54, 1.807) is 12.3 Å². The number of carbonyl (C=O) groups is 1. The van der Waals surface area contributed by atoms with Crippen molar-refractivity contribution in [3.05, 3.63) is 52.7 Å². The maximum atomic E-state index is 11.7. The summed E-state index contributed by atoms with van der Waals surface area (Å²) < 4.78 is 10.4. The van der Waals surface area contributed by atoms with Crippen LogP contribution in [0.25, 0.3) is 0 Å². The zero-order valence-electron chi connectivity index (χ0n) is 16.3. The maximum absolute atomic E-state index is 11.7. The van der Waals surface area contributed by atoms with Gasteiger partial charge in [0, 0.05) is 18.8 Å². The molecule has 1 aromatic carbocycles. The summed E-state index contributed by atoms with van der Waals surface area (Å²) in [5.74, 6) is 1.15. The van der Waals surface area contributed by atoms with Crippen LogP contribution in [0.5, 0.6) is 5.75 Å². The molecule has 3 rings (SSSR count). The van der Waals surface area contributed by atoms with E-state index in [9.17, 15) is 4.79 Å². The Bertz CT molecular complexity index is 792. The van der Waals surface area contributed by atoms with E-state index in [2.05, 4.69) is 15.2 Å². The number of hydrogen-bond donors (Lipinski definition) is 1. The standard InChI is InChI=1S/C21H26ClN3O3/c1-3-28-19-12-15(4-6-18(19)22)14-25(17-8-10-23-11-9-17)20-7-5-16(13-24-20)21(26)27-2/h4-7,12-13,17,23H,3,8-11,14H2,1-2H3. The van der Waals surface area contributed by atoms with Gasteiger partial charge in [0.1, 0.15) is 11.6 Å². The number of halogens is 1. The van der Waals surface area contributed by atoms with Crippen molar-refractivity contribution in [2.45, 2.75) is 32.4 Å². The lowest BCUT2D eigenvalue weighted by molar-refractivity contribution is 0.0600. The Morgan fingerprint density at radius 1 is 1.29 bits per heavy atom. The summed E-state index contributed by atoms with van der Waals surface area (Å²) in [5, 5.41) is 4.01. The molecular formula is C21H26ClN3O3. The van der Waals surface area contributed by atoms with Crippen LogP contribution < -0.4 is 15.0 Å². The zero-order valence-corrected chi connectivity index (χ0v) is 17.0. The average molecular weight is 404 g/mol. The molecule has 1 aliphatic heterocycles. The van der Waals surface area contributed by atoms with Crippen molar-refractivity contribution >= 4 is 23.4 Å². The van der Waals surface area contributed by atoms with Crippen molar-refractivity contribution in [2.24, 2.45) is 0 Å². The predicted octanol–water partition coefficient (Wildman–Crippen LogP) is 3.68. The summed E-state index contributed by atoms with van der Waals surface area (Å²) in [4.78, 5) is 18.5. The molecule has 1 saturated heterocycles. The summed E-state index contributed by atoms with van der Waals surface area (Å²) in [6.45, 7) is 5.15. The van der Waals surface area contributed by atoms with Crippen molar-refractivity contribution < 1.29 is 14.3 Å². The van der Waals surface area contributed by atoms with Gasteiger partial charge in [0.15, 0.2) is 0 Å². The van der Waals surface area contributed by atoms with Crippen molar-refractivity contribution in [3.8, 4) is 5.75 Å². The van der Waals surface area contributed by atoms with Gasteiger partial charge in [-0.15, -0.1) is 0 Å². The van der Waals surface area contributed by atoms with E-state index in [1.165, 1.54) is 7.11 Å². The Balaban J connectivity index is 1.87. The largest absolute Gasteiger partial charge is 0.492 e. The molecule has 0 saturated carbocycles. The zero-order chi connectivity index (χ0) is 19.9. The minimum Gasteiger partial charge on any atom is -0.492 e. The minimum absolute atomic E-state index is 0.365. The number of aromatic nitrogens is 1. The molecule has 1 aliphatic rings. The number of pyridine rings is 1. The number of piperidine rings is 1. The van der Waals surface area contributed by atoms with E-state index in [-0.39, 0.29) is 5.97 Å². The second kappa shape index (κ2) is 9.75. The van der Waals surface area contributed by atoms with Crippen LogP contribution in [-0.4, -0.2) is 43.8 Å². The van der Waals surface area contributed by atoms with Crippen LogP contribution in [0.3, 0.4) is 0 Å². The molecule has 0 bridgehead atoms. The first-order chi connectivity index (χ1) is 13.6. The molecule has 1 N–H and O–H groups in total. The van der Waals surface area contributed by atoms with Gasteiger partial charge in [0.25, 0.3) is 0 Å². The quantitative estimate of drug-likeness (QED) is 0.711. The van der Waals surface area contributed by atoms with Crippen LogP contribution in [-0.2, 0) is 11.3 Å². The van der Waals surface area contributed by atoms with E-state index in [4.69, 9.17) is 21.1 Å².